The molecule has 0 saturated carbocycles. The molecule has 0 aromatic heterocycles. The molecule has 1 atom stereocenters. The Balaban J connectivity index is 3.70. The summed E-state index contributed by atoms with van der Waals surface area (Å²) < 4.78 is 0. The van der Waals surface area contributed by atoms with Crippen LogP contribution in [0, 0.1) is 5.41 Å². The summed E-state index contributed by atoms with van der Waals surface area (Å²) >= 11 is 1.77. The van der Waals surface area contributed by atoms with Crippen molar-refractivity contribution in [1.29, 1.82) is 0 Å². The Morgan fingerprint density at radius 2 is 2.15 bits per heavy atom. The Labute approximate surface area is 84.3 Å². The van der Waals surface area contributed by atoms with E-state index in [1.807, 2.05) is 0 Å². The van der Waals surface area contributed by atoms with Crippen molar-refractivity contribution < 1.29 is 9.90 Å². The van der Waals surface area contributed by atoms with Crippen LogP contribution < -0.4 is 5.32 Å². The van der Waals surface area contributed by atoms with Crippen LogP contribution in [0.3, 0.4) is 0 Å². The Kier molecular flexibility index (Phi) is 5.40. The number of hydrogen-bond donors (Lipinski definition) is 2. The van der Waals surface area contributed by atoms with E-state index in [1.165, 1.54) is 0 Å². The predicted molar refractivity (Wildman–Crippen MR) is 57.3 cm³/mol. The number of rotatable bonds is 6. The summed E-state index contributed by atoms with van der Waals surface area (Å²) in [6.07, 6.45) is 2.05. The van der Waals surface area contributed by atoms with Gasteiger partial charge in [0.2, 0.25) is 0 Å². The van der Waals surface area contributed by atoms with Crippen molar-refractivity contribution in [3.05, 3.63) is 0 Å². The molecule has 0 radical (unpaired) electrons. The summed E-state index contributed by atoms with van der Waals surface area (Å²) in [6.45, 7) is 6.95. The smallest absolute Gasteiger partial charge is 0.310 e. The Bertz CT molecular complexity index is 171. The van der Waals surface area contributed by atoms with Gasteiger partial charge in [-0.25, -0.2) is 0 Å². The standard InChI is InChI=1S/C9H19NO2S/c1-7(13-4)5-10-6-9(2,3)8(11)12/h7,10H,5-6H2,1-4H3,(H,11,12). The molecular weight excluding hydrogens is 186 g/mol. The highest BCUT2D eigenvalue weighted by Gasteiger charge is 2.26. The Morgan fingerprint density at radius 1 is 1.62 bits per heavy atom. The first-order valence-corrected chi connectivity index (χ1v) is 5.66. The minimum atomic E-state index is -0.753. The minimum Gasteiger partial charge on any atom is -0.481 e. The molecule has 2 N–H and O–H groups in total. The summed E-state index contributed by atoms with van der Waals surface area (Å²) in [5, 5.41) is 12.5. The summed E-state index contributed by atoms with van der Waals surface area (Å²) in [4.78, 5) is 10.7. The highest BCUT2D eigenvalue weighted by atomic mass is 32.2. The highest BCUT2D eigenvalue weighted by Crippen LogP contribution is 2.13. The molecule has 1 unspecified atom stereocenters. The molecule has 0 aliphatic carbocycles. The molecule has 0 aromatic rings. The second-order valence-corrected chi connectivity index (χ2v) is 5.14. The Hall–Kier alpha value is -0.220. The average molecular weight is 205 g/mol. The molecular formula is C9H19NO2S. The highest BCUT2D eigenvalue weighted by molar-refractivity contribution is 7.99. The maximum atomic E-state index is 10.7. The zero-order chi connectivity index (χ0) is 10.5. The fourth-order valence-electron chi connectivity index (χ4n) is 0.747. The van der Waals surface area contributed by atoms with Crippen molar-refractivity contribution in [1.82, 2.24) is 5.32 Å². The van der Waals surface area contributed by atoms with E-state index in [2.05, 4.69) is 18.5 Å². The van der Waals surface area contributed by atoms with Gasteiger partial charge in [0.05, 0.1) is 5.41 Å². The van der Waals surface area contributed by atoms with Crippen molar-refractivity contribution in [3.8, 4) is 0 Å². The van der Waals surface area contributed by atoms with Crippen LogP contribution in [0.2, 0.25) is 0 Å². The second-order valence-electron chi connectivity index (χ2n) is 3.87. The van der Waals surface area contributed by atoms with Crippen LogP contribution in [0.4, 0.5) is 0 Å². The molecule has 0 saturated heterocycles. The van der Waals surface area contributed by atoms with E-state index in [-0.39, 0.29) is 0 Å². The zero-order valence-electron chi connectivity index (χ0n) is 8.76. The molecule has 4 heteroatoms. The lowest BCUT2D eigenvalue weighted by Gasteiger charge is -2.20. The van der Waals surface area contributed by atoms with Crippen LogP contribution in [0.5, 0.6) is 0 Å². The van der Waals surface area contributed by atoms with Gasteiger partial charge in [-0.1, -0.05) is 6.92 Å². The van der Waals surface area contributed by atoms with E-state index in [0.717, 1.165) is 6.54 Å². The van der Waals surface area contributed by atoms with Crippen LogP contribution in [0.1, 0.15) is 20.8 Å². The fraction of sp³-hybridized carbons (Fsp3) is 0.889. The first-order chi connectivity index (χ1) is 5.90. The molecule has 13 heavy (non-hydrogen) atoms. The topological polar surface area (TPSA) is 49.3 Å². The number of hydrogen-bond acceptors (Lipinski definition) is 3. The quantitative estimate of drug-likeness (QED) is 0.689. The van der Waals surface area contributed by atoms with Crippen molar-refractivity contribution >= 4 is 17.7 Å². The zero-order valence-corrected chi connectivity index (χ0v) is 9.57. The van der Waals surface area contributed by atoms with Crippen LogP contribution in [0.25, 0.3) is 0 Å². The minimum absolute atomic E-state index is 0.521. The molecule has 0 rings (SSSR count). The molecule has 0 spiro atoms. The number of nitrogens with one attached hydrogen (secondary N) is 1. The van der Waals surface area contributed by atoms with E-state index in [9.17, 15) is 4.79 Å². The van der Waals surface area contributed by atoms with Gasteiger partial charge in [0.1, 0.15) is 0 Å². The molecule has 0 aromatic carbocycles. The van der Waals surface area contributed by atoms with Gasteiger partial charge in [0.25, 0.3) is 0 Å². The monoisotopic (exact) mass is 205 g/mol. The number of carbonyl (C=O) groups is 1. The lowest BCUT2D eigenvalue weighted by Crippen LogP contribution is -2.38. The van der Waals surface area contributed by atoms with Gasteiger partial charge < -0.3 is 10.4 Å². The number of thioether (sulfide) groups is 1. The van der Waals surface area contributed by atoms with Gasteiger partial charge in [-0.3, -0.25) is 4.79 Å². The SMILES string of the molecule is CSC(C)CNCC(C)(C)C(=O)O. The lowest BCUT2D eigenvalue weighted by atomic mass is 9.94. The van der Waals surface area contributed by atoms with Gasteiger partial charge in [0, 0.05) is 18.3 Å². The fourth-order valence-corrected chi connectivity index (χ4v) is 1.03. The first kappa shape index (κ1) is 12.8. The molecule has 3 nitrogen and oxygen atoms in total. The Morgan fingerprint density at radius 3 is 2.54 bits per heavy atom. The van der Waals surface area contributed by atoms with Gasteiger partial charge in [-0.05, 0) is 20.1 Å². The average Bonchev–Trinajstić information content (AvgIpc) is 2.03. The lowest BCUT2D eigenvalue weighted by molar-refractivity contribution is -0.146. The summed E-state index contributed by atoms with van der Waals surface area (Å²) in [6, 6.07) is 0. The molecule has 0 aliphatic heterocycles. The normalized spacial score (nSPS) is 14.2. The summed E-state index contributed by atoms with van der Waals surface area (Å²) in [5.74, 6) is -0.753. The second kappa shape index (κ2) is 5.50. The predicted octanol–water partition coefficient (Wildman–Crippen LogP) is 1.44. The molecule has 0 amide bonds. The molecule has 0 fully saturated rings. The first-order valence-electron chi connectivity index (χ1n) is 4.37. The van der Waals surface area contributed by atoms with Crippen molar-refractivity contribution in [2.75, 3.05) is 19.3 Å². The number of carboxylic acids is 1. The van der Waals surface area contributed by atoms with Crippen LogP contribution in [0.15, 0.2) is 0 Å². The van der Waals surface area contributed by atoms with Crippen molar-refractivity contribution in [2.45, 2.75) is 26.0 Å². The van der Waals surface area contributed by atoms with Crippen molar-refractivity contribution in [3.63, 3.8) is 0 Å². The summed E-state index contributed by atoms with van der Waals surface area (Å²) in [5.41, 5.74) is -0.669. The number of aliphatic carboxylic acids is 1. The van der Waals surface area contributed by atoms with E-state index in [0.29, 0.717) is 11.8 Å². The van der Waals surface area contributed by atoms with E-state index in [4.69, 9.17) is 5.11 Å². The van der Waals surface area contributed by atoms with E-state index < -0.39 is 11.4 Å². The third-order valence-corrected chi connectivity index (χ3v) is 2.95. The molecule has 0 aliphatic rings. The molecule has 78 valence electrons. The largest absolute Gasteiger partial charge is 0.481 e. The van der Waals surface area contributed by atoms with Gasteiger partial charge in [-0.15, -0.1) is 0 Å². The van der Waals surface area contributed by atoms with Crippen LogP contribution in [-0.4, -0.2) is 35.7 Å². The van der Waals surface area contributed by atoms with Crippen molar-refractivity contribution in [2.24, 2.45) is 5.41 Å². The van der Waals surface area contributed by atoms with Crippen LogP contribution >= 0.6 is 11.8 Å². The number of carboxylic acid groups (broad SMARTS) is 1. The third-order valence-electron chi connectivity index (χ3n) is 1.98. The molecule has 0 heterocycles. The van der Waals surface area contributed by atoms with Gasteiger partial charge >= 0.3 is 5.97 Å². The van der Waals surface area contributed by atoms with Gasteiger partial charge in [-0.2, -0.15) is 11.8 Å². The maximum absolute atomic E-state index is 10.7. The van der Waals surface area contributed by atoms with Gasteiger partial charge in [0.15, 0.2) is 0 Å². The van der Waals surface area contributed by atoms with Crippen LogP contribution in [-0.2, 0) is 4.79 Å². The van der Waals surface area contributed by atoms with E-state index >= 15 is 0 Å². The molecule has 0 bridgehead atoms. The van der Waals surface area contributed by atoms with E-state index in [1.54, 1.807) is 25.6 Å². The maximum Gasteiger partial charge on any atom is 0.310 e. The third kappa shape index (κ3) is 5.16. The summed E-state index contributed by atoms with van der Waals surface area (Å²) in [7, 11) is 0.